The average Bonchev–Trinajstić information content (AvgIpc) is 3.43. The quantitative estimate of drug-likeness (QED) is 0.387. The highest BCUT2D eigenvalue weighted by atomic mass is 16.5. The third-order valence-electron chi connectivity index (χ3n) is 6.33. The molecule has 0 aliphatic carbocycles. The van der Waals surface area contributed by atoms with Crippen molar-refractivity contribution in [2.45, 2.75) is 19.6 Å². The zero-order valence-corrected chi connectivity index (χ0v) is 19.7. The maximum absolute atomic E-state index is 13.0. The number of carbonyl (C=O) groups is 1. The zero-order valence-electron chi connectivity index (χ0n) is 19.7. The molecule has 1 unspecified atom stereocenters. The van der Waals surface area contributed by atoms with Gasteiger partial charge in [0.1, 0.15) is 12.4 Å². The number of amides is 1. The SMILES string of the molecule is CC(c1nc(-c2ccccc2)no1)N1CCN(C(=O)c2ccc(COc3ccccc3)cc2)CC1. The number of piperazine rings is 1. The summed E-state index contributed by atoms with van der Waals surface area (Å²) in [5.74, 6) is 2.07. The van der Waals surface area contributed by atoms with E-state index in [9.17, 15) is 4.79 Å². The molecular weight excluding hydrogens is 440 g/mol. The first-order valence-corrected chi connectivity index (χ1v) is 11.9. The van der Waals surface area contributed by atoms with Gasteiger partial charge < -0.3 is 14.2 Å². The van der Waals surface area contributed by atoms with Gasteiger partial charge in [-0.3, -0.25) is 9.69 Å². The first-order valence-electron chi connectivity index (χ1n) is 11.9. The second kappa shape index (κ2) is 10.5. The van der Waals surface area contributed by atoms with Crippen LogP contribution in [0.3, 0.4) is 0 Å². The summed E-state index contributed by atoms with van der Waals surface area (Å²) in [6.45, 7) is 5.34. The predicted octanol–water partition coefficient (Wildman–Crippen LogP) is 4.83. The van der Waals surface area contributed by atoms with Gasteiger partial charge in [0, 0.05) is 37.3 Å². The molecule has 0 spiro atoms. The highest BCUT2D eigenvalue weighted by molar-refractivity contribution is 5.94. The third kappa shape index (κ3) is 5.41. The molecule has 0 saturated carbocycles. The Bertz CT molecular complexity index is 1230. The lowest BCUT2D eigenvalue weighted by molar-refractivity contribution is 0.0551. The number of para-hydroxylation sites is 1. The van der Waals surface area contributed by atoms with Crippen molar-refractivity contribution in [2.75, 3.05) is 26.2 Å². The van der Waals surface area contributed by atoms with Crippen LogP contribution in [0.2, 0.25) is 0 Å². The molecular formula is C28H28N4O3. The molecule has 1 fully saturated rings. The van der Waals surface area contributed by atoms with E-state index in [0.29, 0.717) is 37.0 Å². The Hall–Kier alpha value is -3.97. The number of benzene rings is 3. The van der Waals surface area contributed by atoms with E-state index in [1.807, 2.05) is 89.8 Å². The van der Waals surface area contributed by atoms with Crippen molar-refractivity contribution < 1.29 is 14.1 Å². The third-order valence-corrected chi connectivity index (χ3v) is 6.33. The van der Waals surface area contributed by atoms with E-state index in [1.54, 1.807) is 0 Å². The summed E-state index contributed by atoms with van der Waals surface area (Å²) in [6, 6.07) is 27.2. The van der Waals surface area contributed by atoms with E-state index >= 15 is 0 Å². The Kier molecular flexibility index (Phi) is 6.86. The molecule has 7 heteroatoms. The summed E-state index contributed by atoms with van der Waals surface area (Å²) in [4.78, 5) is 21.8. The fourth-order valence-corrected chi connectivity index (χ4v) is 4.19. The summed E-state index contributed by atoms with van der Waals surface area (Å²) in [7, 11) is 0. The molecule has 4 aromatic rings. The summed E-state index contributed by atoms with van der Waals surface area (Å²) < 4.78 is 11.3. The van der Waals surface area contributed by atoms with Crippen LogP contribution in [0.15, 0.2) is 89.5 Å². The van der Waals surface area contributed by atoms with Gasteiger partial charge in [0.2, 0.25) is 11.7 Å². The number of ether oxygens (including phenoxy) is 1. The number of nitrogens with zero attached hydrogens (tertiary/aromatic N) is 4. The van der Waals surface area contributed by atoms with Crippen molar-refractivity contribution in [2.24, 2.45) is 0 Å². The van der Waals surface area contributed by atoms with E-state index < -0.39 is 0 Å². The monoisotopic (exact) mass is 468 g/mol. The second-order valence-electron chi connectivity index (χ2n) is 8.63. The van der Waals surface area contributed by atoms with E-state index in [4.69, 9.17) is 9.26 Å². The van der Waals surface area contributed by atoms with E-state index in [-0.39, 0.29) is 11.9 Å². The zero-order chi connectivity index (χ0) is 24.0. The molecule has 0 radical (unpaired) electrons. The van der Waals surface area contributed by atoms with Gasteiger partial charge in [0.15, 0.2) is 0 Å². The lowest BCUT2D eigenvalue weighted by atomic mass is 10.1. The maximum atomic E-state index is 13.0. The van der Waals surface area contributed by atoms with Gasteiger partial charge in [-0.05, 0) is 36.8 Å². The van der Waals surface area contributed by atoms with Crippen molar-refractivity contribution in [1.82, 2.24) is 19.9 Å². The van der Waals surface area contributed by atoms with Gasteiger partial charge >= 0.3 is 0 Å². The normalized spacial score (nSPS) is 15.1. The van der Waals surface area contributed by atoms with Gasteiger partial charge in [0.05, 0.1) is 6.04 Å². The Labute approximate surface area is 204 Å². The standard InChI is InChI=1S/C28H28N4O3/c1-21(27-29-26(30-35-27)23-8-4-2-5-9-23)31-16-18-32(19-17-31)28(33)24-14-12-22(13-15-24)20-34-25-10-6-3-7-11-25/h2-15,21H,16-20H2,1H3. The summed E-state index contributed by atoms with van der Waals surface area (Å²) in [6.07, 6.45) is 0. The minimum absolute atomic E-state index is 0.0129. The number of aromatic nitrogens is 2. The van der Waals surface area contributed by atoms with Crippen LogP contribution in [0, 0.1) is 0 Å². The Morgan fingerprint density at radius 3 is 2.26 bits per heavy atom. The lowest BCUT2D eigenvalue weighted by Crippen LogP contribution is -2.49. The van der Waals surface area contributed by atoms with Gasteiger partial charge in [-0.25, -0.2) is 0 Å². The van der Waals surface area contributed by atoms with E-state index in [2.05, 4.69) is 22.0 Å². The lowest BCUT2D eigenvalue weighted by Gasteiger charge is -2.36. The largest absolute Gasteiger partial charge is 0.489 e. The molecule has 1 aliphatic rings. The molecule has 1 saturated heterocycles. The molecule has 7 nitrogen and oxygen atoms in total. The summed E-state index contributed by atoms with van der Waals surface area (Å²) >= 11 is 0. The first-order chi connectivity index (χ1) is 17.2. The first kappa shape index (κ1) is 22.8. The molecule has 1 atom stereocenters. The van der Waals surface area contributed by atoms with Crippen LogP contribution in [0.25, 0.3) is 11.4 Å². The Balaban J connectivity index is 1.14. The van der Waals surface area contributed by atoms with Crippen LogP contribution in [-0.2, 0) is 6.61 Å². The molecule has 2 heterocycles. The molecule has 0 N–H and O–H groups in total. The molecule has 1 aliphatic heterocycles. The topological polar surface area (TPSA) is 71.7 Å². The van der Waals surface area contributed by atoms with Crippen molar-refractivity contribution in [1.29, 1.82) is 0 Å². The number of hydrogen-bond acceptors (Lipinski definition) is 6. The Morgan fingerprint density at radius 1 is 0.914 bits per heavy atom. The van der Waals surface area contributed by atoms with Crippen molar-refractivity contribution in [3.05, 3.63) is 102 Å². The van der Waals surface area contributed by atoms with Gasteiger partial charge in [0.25, 0.3) is 5.91 Å². The van der Waals surface area contributed by atoms with E-state index in [1.165, 1.54) is 0 Å². The summed E-state index contributed by atoms with van der Waals surface area (Å²) in [5.41, 5.74) is 2.65. The second-order valence-corrected chi connectivity index (χ2v) is 8.63. The fraction of sp³-hybridized carbons (Fsp3) is 0.250. The fourth-order valence-electron chi connectivity index (χ4n) is 4.19. The van der Waals surface area contributed by atoms with Crippen LogP contribution >= 0.6 is 0 Å². The van der Waals surface area contributed by atoms with Gasteiger partial charge in [-0.2, -0.15) is 4.98 Å². The minimum atomic E-state index is -0.0129. The van der Waals surface area contributed by atoms with Crippen molar-refractivity contribution in [3.8, 4) is 17.1 Å². The highest BCUT2D eigenvalue weighted by Crippen LogP contribution is 2.24. The van der Waals surface area contributed by atoms with Crippen LogP contribution in [-0.4, -0.2) is 52.0 Å². The predicted molar refractivity (Wildman–Crippen MR) is 133 cm³/mol. The smallest absolute Gasteiger partial charge is 0.253 e. The highest BCUT2D eigenvalue weighted by Gasteiger charge is 2.28. The number of carbonyl (C=O) groups excluding carboxylic acids is 1. The van der Waals surface area contributed by atoms with Crippen LogP contribution < -0.4 is 4.74 Å². The van der Waals surface area contributed by atoms with E-state index in [0.717, 1.165) is 30.0 Å². The molecule has 1 amide bonds. The molecule has 1 aromatic heterocycles. The van der Waals surface area contributed by atoms with Crippen LogP contribution in [0.4, 0.5) is 0 Å². The summed E-state index contributed by atoms with van der Waals surface area (Å²) in [5, 5.41) is 4.14. The molecule has 0 bridgehead atoms. The van der Waals surface area contributed by atoms with Crippen molar-refractivity contribution >= 4 is 5.91 Å². The van der Waals surface area contributed by atoms with Gasteiger partial charge in [-0.1, -0.05) is 65.8 Å². The average molecular weight is 469 g/mol. The number of rotatable bonds is 7. The maximum Gasteiger partial charge on any atom is 0.253 e. The van der Waals surface area contributed by atoms with Crippen LogP contribution in [0.5, 0.6) is 5.75 Å². The number of hydrogen-bond donors (Lipinski definition) is 0. The molecule has 3 aromatic carbocycles. The molecule has 178 valence electrons. The van der Waals surface area contributed by atoms with Crippen LogP contribution in [0.1, 0.15) is 34.8 Å². The molecule has 5 rings (SSSR count). The Morgan fingerprint density at radius 2 is 1.57 bits per heavy atom. The van der Waals surface area contributed by atoms with Gasteiger partial charge in [-0.15, -0.1) is 0 Å². The van der Waals surface area contributed by atoms with Crippen molar-refractivity contribution in [3.63, 3.8) is 0 Å². The molecule has 35 heavy (non-hydrogen) atoms. The minimum Gasteiger partial charge on any atom is -0.489 e.